The molecule has 0 spiro atoms. The van der Waals surface area contributed by atoms with Gasteiger partial charge in [-0.05, 0) is 24.6 Å². The predicted octanol–water partition coefficient (Wildman–Crippen LogP) is 3.41. The van der Waals surface area contributed by atoms with Crippen LogP contribution >= 0.6 is 0 Å². The molecule has 0 atom stereocenters. The molecule has 0 saturated heterocycles. The minimum Gasteiger partial charge on any atom is -0.462 e. The smallest absolute Gasteiger partial charge is 0.340 e. The van der Waals surface area contributed by atoms with Crippen molar-refractivity contribution in [1.29, 1.82) is 0 Å². The highest BCUT2D eigenvalue weighted by Gasteiger charge is 2.12. The summed E-state index contributed by atoms with van der Waals surface area (Å²) in [6, 6.07) is 1.10. The fraction of sp³-hybridized carbons (Fsp3) is 0.571. The fourth-order valence-electron chi connectivity index (χ4n) is 1.59. The molecule has 0 aliphatic carbocycles. The van der Waals surface area contributed by atoms with E-state index in [1.165, 1.54) is 6.08 Å². The van der Waals surface area contributed by atoms with Gasteiger partial charge in [0.05, 0.1) is 18.6 Å². The first kappa shape index (κ1) is 19.0. The summed E-state index contributed by atoms with van der Waals surface area (Å²) in [5.41, 5.74) is 8.88. The molecule has 1 aromatic heterocycles. The average molecular weight is 337 g/mol. The quantitative estimate of drug-likeness (QED) is 0.131. The summed E-state index contributed by atoms with van der Waals surface area (Å²) >= 11 is 0. The van der Waals surface area contributed by atoms with Gasteiger partial charge in [-0.2, -0.15) is 0 Å². The number of esters is 1. The molecular formula is C14H23N5O3Si. The molecule has 23 heavy (non-hydrogen) atoms. The molecule has 0 N–H and O–H groups in total. The zero-order valence-electron chi connectivity index (χ0n) is 14.0. The zero-order chi connectivity index (χ0) is 17.3. The molecule has 0 fully saturated rings. The number of carbonyl (C=O) groups excluding carboxylic acids is 1. The number of carbonyl (C=O) groups is 1. The van der Waals surface area contributed by atoms with Gasteiger partial charge in [0.25, 0.3) is 0 Å². The third kappa shape index (κ3) is 7.64. The summed E-state index contributed by atoms with van der Waals surface area (Å²) in [5.74, 6) is -0.675. The summed E-state index contributed by atoms with van der Waals surface area (Å²) in [4.78, 5) is 18.4. The summed E-state index contributed by atoms with van der Waals surface area (Å²) < 4.78 is 12.2. The lowest BCUT2D eigenvalue weighted by atomic mass is 10.3. The SMILES string of the molecule is CCOC(=O)/C(=C/c1cn(COCC[Si](C)(C)C)cn1)N=[N+]=[N-]. The first-order valence-electron chi connectivity index (χ1n) is 7.39. The third-order valence-corrected chi connectivity index (χ3v) is 4.52. The molecule has 1 rings (SSSR count). The van der Waals surface area contributed by atoms with Crippen molar-refractivity contribution in [3.05, 3.63) is 34.4 Å². The average Bonchev–Trinajstić information content (AvgIpc) is 2.90. The van der Waals surface area contributed by atoms with Crippen molar-refractivity contribution < 1.29 is 14.3 Å². The summed E-state index contributed by atoms with van der Waals surface area (Å²) in [6.07, 6.45) is 4.69. The van der Waals surface area contributed by atoms with Gasteiger partial charge in [-0.3, -0.25) is 0 Å². The van der Waals surface area contributed by atoms with E-state index in [1.54, 1.807) is 24.0 Å². The predicted molar refractivity (Wildman–Crippen MR) is 90.1 cm³/mol. The van der Waals surface area contributed by atoms with Crippen molar-refractivity contribution in [2.45, 2.75) is 39.3 Å². The topological polar surface area (TPSA) is 102 Å². The van der Waals surface area contributed by atoms with Crippen LogP contribution in [0.3, 0.4) is 0 Å². The van der Waals surface area contributed by atoms with Crippen LogP contribution in [-0.4, -0.2) is 36.8 Å². The first-order valence-corrected chi connectivity index (χ1v) is 11.1. The van der Waals surface area contributed by atoms with E-state index in [0.29, 0.717) is 19.0 Å². The summed E-state index contributed by atoms with van der Waals surface area (Å²) in [5, 5.41) is 3.34. The van der Waals surface area contributed by atoms with Gasteiger partial charge < -0.3 is 14.0 Å². The van der Waals surface area contributed by atoms with E-state index in [-0.39, 0.29) is 12.3 Å². The number of rotatable bonds is 9. The van der Waals surface area contributed by atoms with E-state index >= 15 is 0 Å². The maximum absolute atomic E-state index is 11.6. The molecule has 1 heterocycles. The lowest BCUT2D eigenvalue weighted by molar-refractivity contribution is -0.138. The highest BCUT2D eigenvalue weighted by molar-refractivity contribution is 6.76. The van der Waals surface area contributed by atoms with Crippen molar-refractivity contribution in [3.8, 4) is 0 Å². The third-order valence-electron chi connectivity index (χ3n) is 2.81. The van der Waals surface area contributed by atoms with Gasteiger partial charge in [0.2, 0.25) is 0 Å². The second-order valence-corrected chi connectivity index (χ2v) is 11.7. The van der Waals surface area contributed by atoms with Gasteiger partial charge in [0, 0.05) is 25.8 Å². The van der Waals surface area contributed by atoms with Crippen LogP contribution in [0.5, 0.6) is 0 Å². The normalized spacial score (nSPS) is 11.9. The van der Waals surface area contributed by atoms with Crippen molar-refractivity contribution in [3.63, 3.8) is 0 Å². The number of hydrogen-bond acceptors (Lipinski definition) is 5. The van der Waals surface area contributed by atoms with Crippen LogP contribution in [0.4, 0.5) is 0 Å². The van der Waals surface area contributed by atoms with Gasteiger partial charge in [0.15, 0.2) is 0 Å². The molecule has 0 bridgehead atoms. The summed E-state index contributed by atoms with van der Waals surface area (Å²) in [6.45, 7) is 9.87. The molecule has 0 aromatic carbocycles. The van der Waals surface area contributed by atoms with Gasteiger partial charge in [-0.25, -0.2) is 9.78 Å². The van der Waals surface area contributed by atoms with Gasteiger partial charge in [-0.15, -0.1) is 0 Å². The van der Waals surface area contributed by atoms with Crippen molar-refractivity contribution in [2.75, 3.05) is 13.2 Å². The molecule has 9 heteroatoms. The number of azide groups is 1. The van der Waals surface area contributed by atoms with E-state index in [9.17, 15) is 4.79 Å². The standard InChI is InChI=1S/C14H23N5O3Si/c1-5-22-14(20)13(17-18-15)8-12-9-19(10-16-12)11-21-6-7-23(2,3)4/h8-10H,5-7,11H2,1-4H3/b13-8-. The van der Waals surface area contributed by atoms with E-state index < -0.39 is 14.0 Å². The zero-order valence-corrected chi connectivity index (χ0v) is 15.0. The van der Waals surface area contributed by atoms with Gasteiger partial charge in [0.1, 0.15) is 12.4 Å². The number of aromatic nitrogens is 2. The molecule has 0 amide bonds. The highest BCUT2D eigenvalue weighted by Crippen LogP contribution is 2.10. The molecule has 0 saturated carbocycles. The Hall–Kier alpha value is -2.09. The number of nitrogens with zero attached hydrogens (tertiary/aromatic N) is 5. The molecular weight excluding hydrogens is 314 g/mol. The van der Waals surface area contributed by atoms with E-state index in [0.717, 1.165) is 6.04 Å². The van der Waals surface area contributed by atoms with E-state index in [1.807, 2.05) is 0 Å². The van der Waals surface area contributed by atoms with Gasteiger partial charge in [-0.1, -0.05) is 24.8 Å². The second-order valence-electron chi connectivity index (χ2n) is 6.10. The Morgan fingerprint density at radius 1 is 1.52 bits per heavy atom. The van der Waals surface area contributed by atoms with E-state index in [2.05, 4.69) is 34.7 Å². The van der Waals surface area contributed by atoms with Crippen molar-refractivity contribution >= 4 is 20.1 Å². The molecule has 0 aliphatic rings. The Morgan fingerprint density at radius 3 is 2.87 bits per heavy atom. The highest BCUT2D eigenvalue weighted by atomic mass is 28.3. The Bertz CT molecular complexity index is 600. The Morgan fingerprint density at radius 2 is 2.26 bits per heavy atom. The maximum atomic E-state index is 11.6. The molecule has 1 aromatic rings. The minimum atomic E-state index is -1.10. The lowest BCUT2D eigenvalue weighted by Gasteiger charge is -2.15. The van der Waals surface area contributed by atoms with Gasteiger partial charge >= 0.3 is 5.97 Å². The molecule has 0 unspecified atom stereocenters. The molecule has 0 radical (unpaired) electrons. The fourth-order valence-corrected chi connectivity index (χ4v) is 2.35. The monoisotopic (exact) mass is 337 g/mol. The van der Waals surface area contributed by atoms with Crippen molar-refractivity contribution in [1.82, 2.24) is 9.55 Å². The molecule has 0 aliphatic heterocycles. The minimum absolute atomic E-state index is 0.126. The van der Waals surface area contributed by atoms with Crippen LogP contribution in [-0.2, 0) is 21.0 Å². The number of hydrogen-bond donors (Lipinski definition) is 0. The first-order chi connectivity index (χ1) is 10.9. The largest absolute Gasteiger partial charge is 0.462 e. The maximum Gasteiger partial charge on any atom is 0.340 e. The number of imidazole rings is 1. The molecule has 126 valence electrons. The van der Waals surface area contributed by atoms with Crippen LogP contribution in [0.1, 0.15) is 12.6 Å². The van der Waals surface area contributed by atoms with Crippen LogP contribution in [0.25, 0.3) is 16.5 Å². The summed E-state index contributed by atoms with van der Waals surface area (Å²) in [7, 11) is -1.10. The van der Waals surface area contributed by atoms with Crippen LogP contribution in [0.15, 0.2) is 23.3 Å². The van der Waals surface area contributed by atoms with Crippen LogP contribution in [0.2, 0.25) is 25.7 Å². The number of ether oxygens (including phenoxy) is 2. The van der Waals surface area contributed by atoms with Crippen molar-refractivity contribution in [2.24, 2.45) is 5.11 Å². The second kappa shape index (κ2) is 9.14. The molecule has 8 nitrogen and oxygen atoms in total. The Labute approximate surface area is 136 Å². The Kier molecular flexibility index (Phi) is 7.53. The lowest BCUT2D eigenvalue weighted by Crippen LogP contribution is -2.21. The van der Waals surface area contributed by atoms with E-state index in [4.69, 9.17) is 15.0 Å². The van der Waals surface area contributed by atoms with Crippen LogP contribution in [0, 0.1) is 0 Å². The Balaban J connectivity index is 2.65. The van der Waals surface area contributed by atoms with Crippen LogP contribution < -0.4 is 0 Å².